The van der Waals surface area contributed by atoms with Crippen molar-refractivity contribution in [2.24, 2.45) is 0 Å². The van der Waals surface area contributed by atoms with Crippen molar-refractivity contribution in [3.05, 3.63) is 41.5 Å². The molecule has 3 heteroatoms. The molecular weight excluding hydrogens is 192 g/mol. The molecule has 0 aromatic heterocycles. The van der Waals surface area contributed by atoms with Crippen molar-refractivity contribution in [1.82, 2.24) is 0 Å². The first-order valence-corrected chi connectivity index (χ1v) is 4.61. The van der Waals surface area contributed by atoms with E-state index in [1.54, 1.807) is 13.2 Å². The van der Waals surface area contributed by atoms with E-state index in [2.05, 4.69) is 4.74 Å². The molecule has 1 aromatic carbocycles. The molecule has 0 heterocycles. The largest absolute Gasteiger partial charge is 0.466 e. The second kappa shape index (κ2) is 5.98. The van der Waals surface area contributed by atoms with Gasteiger partial charge < -0.3 is 9.47 Å². The van der Waals surface area contributed by atoms with Crippen molar-refractivity contribution in [2.75, 3.05) is 20.8 Å². The van der Waals surface area contributed by atoms with E-state index in [-0.39, 0.29) is 12.6 Å². The van der Waals surface area contributed by atoms with Gasteiger partial charge in [-0.3, -0.25) is 0 Å². The van der Waals surface area contributed by atoms with Crippen LogP contribution in [0.5, 0.6) is 0 Å². The van der Waals surface area contributed by atoms with Gasteiger partial charge in [0, 0.05) is 7.11 Å². The molecule has 1 rings (SSSR count). The number of benzene rings is 1. The Balaban J connectivity index is 2.88. The smallest absolute Gasteiger partial charge is 0.336 e. The second-order valence-corrected chi connectivity index (χ2v) is 3.00. The lowest BCUT2D eigenvalue weighted by Gasteiger charge is -2.03. The summed E-state index contributed by atoms with van der Waals surface area (Å²) in [5.74, 6) is -0.360. The maximum Gasteiger partial charge on any atom is 0.336 e. The van der Waals surface area contributed by atoms with E-state index < -0.39 is 0 Å². The summed E-state index contributed by atoms with van der Waals surface area (Å²) >= 11 is 0. The summed E-state index contributed by atoms with van der Waals surface area (Å²) in [6, 6.07) is 9.57. The number of carbonyl (C=O) groups is 1. The van der Waals surface area contributed by atoms with E-state index in [4.69, 9.17) is 4.74 Å². The average molecular weight is 206 g/mol. The van der Waals surface area contributed by atoms with Crippen molar-refractivity contribution < 1.29 is 14.3 Å². The van der Waals surface area contributed by atoms with Crippen molar-refractivity contribution in [3.63, 3.8) is 0 Å². The molecule has 3 nitrogen and oxygen atoms in total. The predicted octanol–water partition coefficient (Wildman–Crippen LogP) is 1.89. The van der Waals surface area contributed by atoms with Gasteiger partial charge in [0.15, 0.2) is 0 Å². The maximum atomic E-state index is 11.3. The van der Waals surface area contributed by atoms with Crippen molar-refractivity contribution >= 4 is 12.0 Å². The molecule has 0 aliphatic carbocycles. The zero-order valence-corrected chi connectivity index (χ0v) is 8.90. The van der Waals surface area contributed by atoms with Gasteiger partial charge in [-0.2, -0.15) is 0 Å². The van der Waals surface area contributed by atoms with Crippen LogP contribution in [0.4, 0.5) is 0 Å². The molecule has 0 aliphatic heterocycles. The van der Waals surface area contributed by atoms with Crippen LogP contribution in [-0.4, -0.2) is 26.8 Å². The van der Waals surface area contributed by atoms with Gasteiger partial charge in [-0.1, -0.05) is 30.3 Å². The Morgan fingerprint density at radius 1 is 1.27 bits per heavy atom. The third-order valence-corrected chi connectivity index (χ3v) is 1.89. The molecule has 0 radical (unpaired) electrons. The Hall–Kier alpha value is -1.61. The number of hydrogen-bond acceptors (Lipinski definition) is 3. The number of hydrogen-bond donors (Lipinski definition) is 0. The number of carbonyl (C=O) groups excluding carboxylic acids is 1. The molecule has 1 aromatic rings. The van der Waals surface area contributed by atoms with Crippen LogP contribution in [-0.2, 0) is 14.3 Å². The normalized spacial score (nSPS) is 11.2. The topological polar surface area (TPSA) is 35.5 Å². The van der Waals surface area contributed by atoms with Crippen LogP contribution >= 0.6 is 0 Å². The summed E-state index contributed by atoms with van der Waals surface area (Å²) in [6.07, 6.45) is 1.76. The van der Waals surface area contributed by atoms with Gasteiger partial charge in [-0.05, 0) is 11.6 Å². The van der Waals surface area contributed by atoms with Gasteiger partial charge in [0.25, 0.3) is 0 Å². The minimum Gasteiger partial charge on any atom is -0.466 e. The fraction of sp³-hybridized carbons (Fsp3) is 0.250. The average Bonchev–Trinajstić information content (AvgIpc) is 2.29. The molecule has 80 valence electrons. The number of ether oxygens (including phenoxy) is 2. The van der Waals surface area contributed by atoms with E-state index in [9.17, 15) is 4.79 Å². The lowest BCUT2D eigenvalue weighted by Crippen LogP contribution is -2.09. The van der Waals surface area contributed by atoms with E-state index in [0.717, 1.165) is 5.56 Å². The van der Waals surface area contributed by atoms with Gasteiger partial charge in [-0.25, -0.2) is 4.79 Å². The highest BCUT2D eigenvalue weighted by Crippen LogP contribution is 2.08. The molecule has 0 amide bonds. The van der Waals surface area contributed by atoms with Gasteiger partial charge in [-0.15, -0.1) is 0 Å². The first kappa shape index (κ1) is 11.5. The first-order valence-electron chi connectivity index (χ1n) is 4.61. The number of methoxy groups -OCH3 is 2. The SMILES string of the molecule is COCC(=Cc1ccccc1)C(=O)OC. The van der Waals surface area contributed by atoms with E-state index in [1.807, 2.05) is 30.3 Å². The van der Waals surface area contributed by atoms with Gasteiger partial charge in [0.2, 0.25) is 0 Å². The highest BCUT2D eigenvalue weighted by Gasteiger charge is 2.08. The summed E-state index contributed by atoms with van der Waals surface area (Å²) < 4.78 is 9.58. The molecular formula is C12H14O3. The Morgan fingerprint density at radius 3 is 2.47 bits per heavy atom. The molecule has 0 spiro atoms. The van der Waals surface area contributed by atoms with Crippen LogP contribution < -0.4 is 0 Å². The molecule has 15 heavy (non-hydrogen) atoms. The Labute approximate surface area is 89.3 Å². The molecule has 0 aliphatic rings. The van der Waals surface area contributed by atoms with Crippen molar-refractivity contribution in [1.29, 1.82) is 0 Å². The summed E-state index contributed by atoms with van der Waals surface area (Å²) in [5, 5.41) is 0. The summed E-state index contributed by atoms with van der Waals surface area (Å²) in [6.45, 7) is 0.252. The van der Waals surface area contributed by atoms with Crippen LogP contribution in [0, 0.1) is 0 Å². The van der Waals surface area contributed by atoms with Gasteiger partial charge in [0.1, 0.15) is 0 Å². The van der Waals surface area contributed by atoms with Crippen molar-refractivity contribution in [2.45, 2.75) is 0 Å². The third-order valence-electron chi connectivity index (χ3n) is 1.89. The molecule has 0 saturated carbocycles. The lowest BCUT2D eigenvalue weighted by atomic mass is 10.1. The fourth-order valence-electron chi connectivity index (χ4n) is 1.20. The minimum atomic E-state index is -0.360. The summed E-state index contributed by atoms with van der Waals surface area (Å²) in [5.41, 5.74) is 1.46. The summed E-state index contributed by atoms with van der Waals surface area (Å²) in [4.78, 5) is 11.3. The standard InChI is InChI=1S/C12H14O3/c1-14-9-11(12(13)15-2)8-10-6-4-3-5-7-10/h3-8H,9H2,1-2H3. The van der Waals surface area contributed by atoms with Crippen LogP contribution in [0.2, 0.25) is 0 Å². The number of rotatable bonds is 4. The highest BCUT2D eigenvalue weighted by atomic mass is 16.5. The zero-order valence-electron chi connectivity index (χ0n) is 8.90. The Kier molecular flexibility index (Phi) is 4.57. The van der Waals surface area contributed by atoms with Gasteiger partial charge >= 0.3 is 5.97 Å². The Morgan fingerprint density at radius 2 is 1.93 bits per heavy atom. The Bertz CT molecular complexity index is 341. The second-order valence-electron chi connectivity index (χ2n) is 3.00. The van der Waals surface area contributed by atoms with Crippen LogP contribution in [0.25, 0.3) is 6.08 Å². The number of esters is 1. The van der Waals surface area contributed by atoms with E-state index in [1.165, 1.54) is 7.11 Å². The fourth-order valence-corrected chi connectivity index (χ4v) is 1.20. The minimum absolute atomic E-state index is 0.252. The van der Waals surface area contributed by atoms with E-state index in [0.29, 0.717) is 5.57 Å². The zero-order chi connectivity index (χ0) is 11.1. The third kappa shape index (κ3) is 3.56. The van der Waals surface area contributed by atoms with Gasteiger partial charge in [0.05, 0.1) is 19.3 Å². The van der Waals surface area contributed by atoms with E-state index >= 15 is 0 Å². The molecule has 0 saturated heterocycles. The molecule has 0 unspecified atom stereocenters. The molecule has 0 fully saturated rings. The molecule has 0 bridgehead atoms. The highest BCUT2D eigenvalue weighted by molar-refractivity contribution is 5.93. The maximum absolute atomic E-state index is 11.3. The molecule has 0 N–H and O–H groups in total. The van der Waals surface area contributed by atoms with Crippen LogP contribution in [0.3, 0.4) is 0 Å². The monoisotopic (exact) mass is 206 g/mol. The van der Waals surface area contributed by atoms with Crippen LogP contribution in [0.1, 0.15) is 5.56 Å². The lowest BCUT2D eigenvalue weighted by molar-refractivity contribution is -0.136. The first-order chi connectivity index (χ1) is 7.27. The van der Waals surface area contributed by atoms with Crippen LogP contribution in [0.15, 0.2) is 35.9 Å². The van der Waals surface area contributed by atoms with Crippen molar-refractivity contribution in [3.8, 4) is 0 Å². The quantitative estimate of drug-likeness (QED) is 0.557. The predicted molar refractivity (Wildman–Crippen MR) is 58.3 cm³/mol. The summed E-state index contributed by atoms with van der Waals surface area (Å²) in [7, 11) is 2.90. The molecule has 0 atom stereocenters.